The molecule has 1 saturated carbocycles. The first-order valence-electron chi connectivity index (χ1n) is 10.5. The standard InChI is InChI=1S/C21H26F3N5O2S/c1-12(2)26-16(30)9-29-7-6-28(11-20(29)4-5-20)15-8-14(21(22,23)24)18-17(27-15)13(10-32-18)19(31)25-3/h8,10,12H,4-7,9,11H2,1-3H3,(H,25,31)(H,26,30). The van der Waals surface area contributed by atoms with E-state index in [-0.39, 0.29) is 45.6 Å². The van der Waals surface area contributed by atoms with Crippen LogP contribution in [0.3, 0.4) is 0 Å². The number of anilines is 1. The minimum absolute atomic E-state index is 0.0371. The lowest BCUT2D eigenvalue weighted by atomic mass is 10.1. The van der Waals surface area contributed by atoms with Gasteiger partial charge < -0.3 is 15.5 Å². The van der Waals surface area contributed by atoms with Gasteiger partial charge in [0.25, 0.3) is 5.91 Å². The molecule has 2 aromatic rings. The molecule has 0 unspecified atom stereocenters. The van der Waals surface area contributed by atoms with Crippen LogP contribution < -0.4 is 15.5 Å². The maximum atomic E-state index is 13.8. The monoisotopic (exact) mass is 469 g/mol. The maximum Gasteiger partial charge on any atom is 0.417 e. The normalized spacial score (nSPS) is 18.4. The zero-order valence-electron chi connectivity index (χ0n) is 18.2. The lowest BCUT2D eigenvalue weighted by molar-refractivity contribution is -0.136. The van der Waals surface area contributed by atoms with E-state index in [0.717, 1.165) is 30.2 Å². The minimum atomic E-state index is -4.56. The number of carbonyl (C=O) groups excluding carboxylic acids is 2. The number of carbonyl (C=O) groups is 2. The molecule has 7 nitrogen and oxygen atoms in total. The molecule has 2 amide bonds. The van der Waals surface area contributed by atoms with Crippen LogP contribution in [-0.2, 0) is 11.0 Å². The van der Waals surface area contributed by atoms with Crippen LogP contribution in [0.5, 0.6) is 0 Å². The Kier molecular flexibility index (Phi) is 5.83. The molecule has 0 radical (unpaired) electrons. The Bertz CT molecular complexity index is 1050. The van der Waals surface area contributed by atoms with Gasteiger partial charge >= 0.3 is 6.18 Å². The van der Waals surface area contributed by atoms with Crippen LogP contribution >= 0.6 is 11.3 Å². The fourth-order valence-corrected chi connectivity index (χ4v) is 5.30. The van der Waals surface area contributed by atoms with Gasteiger partial charge in [-0.2, -0.15) is 13.2 Å². The van der Waals surface area contributed by atoms with Crippen LogP contribution in [0.1, 0.15) is 42.6 Å². The number of nitrogens with one attached hydrogen (secondary N) is 2. The van der Waals surface area contributed by atoms with Gasteiger partial charge in [-0.1, -0.05) is 0 Å². The molecule has 4 rings (SSSR count). The Labute approximate surface area is 188 Å². The molecule has 1 aliphatic heterocycles. The summed E-state index contributed by atoms with van der Waals surface area (Å²) in [4.78, 5) is 32.9. The second-order valence-electron chi connectivity index (χ2n) is 8.72. The molecule has 2 N–H and O–H groups in total. The second-order valence-corrected chi connectivity index (χ2v) is 9.60. The highest BCUT2D eigenvalue weighted by Crippen LogP contribution is 2.46. The van der Waals surface area contributed by atoms with Gasteiger partial charge in [-0.3, -0.25) is 14.5 Å². The molecular formula is C21H26F3N5O2S. The van der Waals surface area contributed by atoms with Gasteiger partial charge in [-0.25, -0.2) is 4.98 Å². The fraction of sp³-hybridized carbons (Fsp3) is 0.571. The second kappa shape index (κ2) is 8.18. The molecule has 2 aromatic heterocycles. The topological polar surface area (TPSA) is 77.6 Å². The van der Waals surface area contributed by atoms with E-state index in [0.29, 0.717) is 19.6 Å². The quantitative estimate of drug-likeness (QED) is 0.704. The Morgan fingerprint density at radius 3 is 2.59 bits per heavy atom. The van der Waals surface area contributed by atoms with Crippen LogP contribution in [0, 0.1) is 0 Å². The number of pyridine rings is 1. The Hall–Kier alpha value is -2.40. The van der Waals surface area contributed by atoms with Gasteiger partial charge in [0.2, 0.25) is 5.91 Å². The van der Waals surface area contributed by atoms with Crippen LogP contribution in [0.15, 0.2) is 11.4 Å². The number of alkyl halides is 3. The van der Waals surface area contributed by atoms with E-state index in [1.165, 1.54) is 12.4 Å². The predicted molar refractivity (Wildman–Crippen MR) is 117 cm³/mol. The summed E-state index contributed by atoms with van der Waals surface area (Å²) >= 11 is 0.876. The van der Waals surface area contributed by atoms with Crippen molar-refractivity contribution in [3.8, 4) is 0 Å². The Morgan fingerprint density at radius 2 is 2.00 bits per heavy atom. The van der Waals surface area contributed by atoms with E-state index in [2.05, 4.69) is 20.5 Å². The van der Waals surface area contributed by atoms with Crippen molar-refractivity contribution in [2.24, 2.45) is 0 Å². The van der Waals surface area contributed by atoms with E-state index in [1.807, 2.05) is 18.7 Å². The SMILES string of the molecule is CNC(=O)c1csc2c(C(F)(F)F)cc(N3CCN(CC(=O)NC(C)C)C4(CC4)C3)nc12. The lowest BCUT2D eigenvalue weighted by Gasteiger charge is -2.42. The van der Waals surface area contributed by atoms with Gasteiger partial charge in [-0.15, -0.1) is 11.3 Å². The molecule has 3 heterocycles. The third-order valence-corrected chi connectivity index (χ3v) is 7.02. The van der Waals surface area contributed by atoms with Crippen molar-refractivity contribution in [1.29, 1.82) is 0 Å². The van der Waals surface area contributed by atoms with Crippen molar-refractivity contribution in [3.05, 3.63) is 22.6 Å². The molecule has 32 heavy (non-hydrogen) atoms. The summed E-state index contributed by atoms with van der Waals surface area (Å²) in [6.07, 6.45) is -2.79. The summed E-state index contributed by atoms with van der Waals surface area (Å²) in [5.74, 6) is -0.299. The van der Waals surface area contributed by atoms with Crippen molar-refractivity contribution in [2.45, 2.75) is 44.4 Å². The van der Waals surface area contributed by atoms with Crippen LogP contribution in [0.2, 0.25) is 0 Å². The van der Waals surface area contributed by atoms with Gasteiger partial charge in [0, 0.05) is 43.6 Å². The largest absolute Gasteiger partial charge is 0.417 e. The molecule has 1 saturated heterocycles. The van der Waals surface area contributed by atoms with Crippen molar-refractivity contribution in [1.82, 2.24) is 20.5 Å². The highest BCUT2D eigenvalue weighted by atomic mass is 32.1. The number of hydrogen-bond donors (Lipinski definition) is 2. The summed E-state index contributed by atoms with van der Waals surface area (Å²) in [5, 5.41) is 6.78. The van der Waals surface area contributed by atoms with E-state index in [4.69, 9.17) is 0 Å². The summed E-state index contributed by atoms with van der Waals surface area (Å²) < 4.78 is 41.5. The fourth-order valence-electron chi connectivity index (χ4n) is 4.28. The van der Waals surface area contributed by atoms with Gasteiger partial charge in [-0.05, 0) is 32.8 Å². The van der Waals surface area contributed by atoms with Gasteiger partial charge in [0.1, 0.15) is 5.82 Å². The van der Waals surface area contributed by atoms with Gasteiger partial charge in [0.15, 0.2) is 0 Å². The molecule has 11 heteroatoms. The lowest BCUT2D eigenvalue weighted by Crippen LogP contribution is -2.57. The van der Waals surface area contributed by atoms with Crippen molar-refractivity contribution in [2.75, 3.05) is 38.1 Å². The summed E-state index contributed by atoms with van der Waals surface area (Å²) in [7, 11) is 1.44. The van der Waals surface area contributed by atoms with Crippen molar-refractivity contribution < 1.29 is 22.8 Å². The predicted octanol–water partition coefficient (Wildman–Crippen LogP) is 2.85. The number of aromatic nitrogens is 1. The Morgan fingerprint density at radius 1 is 1.28 bits per heavy atom. The van der Waals surface area contributed by atoms with Crippen LogP contribution in [-0.4, -0.2) is 66.5 Å². The average Bonchev–Trinajstić information content (AvgIpc) is 3.34. The summed E-state index contributed by atoms with van der Waals surface area (Å²) in [6, 6.07) is 1.14. The molecule has 2 aliphatic rings. The van der Waals surface area contributed by atoms with E-state index in [1.54, 1.807) is 0 Å². The number of halogens is 3. The molecule has 1 aliphatic carbocycles. The molecule has 1 spiro atoms. The van der Waals surface area contributed by atoms with E-state index >= 15 is 0 Å². The van der Waals surface area contributed by atoms with E-state index in [9.17, 15) is 22.8 Å². The smallest absolute Gasteiger partial charge is 0.355 e. The van der Waals surface area contributed by atoms with Crippen molar-refractivity contribution >= 4 is 39.2 Å². The summed E-state index contributed by atoms with van der Waals surface area (Å²) in [5.41, 5.74) is -0.783. The van der Waals surface area contributed by atoms with Crippen LogP contribution in [0.25, 0.3) is 10.2 Å². The number of amides is 2. The van der Waals surface area contributed by atoms with E-state index < -0.39 is 17.6 Å². The first-order chi connectivity index (χ1) is 15.0. The number of thiophene rings is 1. The van der Waals surface area contributed by atoms with Crippen LogP contribution in [0.4, 0.5) is 19.0 Å². The third kappa shape index (κ3) is 4.27. The maximum absolute atomic E-state index is 13.8. The number of fused-ring (bicyclic) bond motifs is 1. The minimum Gasteiger partial charge on any atom is -0.355 e. The summed E-state index contributed by atoms with van der Waals surface area (Å²) in [6.45, 7) is 5.58. The molecule has 174 valence electrons. The third-order valence-electron chi connectivity index (χ3n) is 6.02. The number of nitrogens with zero attached hydrogens (tertiary/aromatic N) is 3. The molecule has 0 bridgehead atoms. The molecule has 0 atom stereocenters. The molecular weight excluding hydrogens is 443 g/mol. The molecule has 2 fully saturated rings. The van der Waals surface area contributed by atoms with Crippen molar-refractivity contribution in [3.63, 3.8) is 0 Å². The molecule has 0 aromatic carbocycles. The number of rotatable bonds is 5. The van der Waals surface area contributed by atoms with Gasteiger partial charge in [0.05, 0.1) is 27.9 Å². The average molecular weight is 470 g/mol. The first-order valence-corrected chi connectivity index (χ1v) is 11.4. The number of hydrogen-bond acceptors (Lipinski definition) is 6. The number of piperazine rings is 1. The first kappa shape index (κ1) is 22.8. The highest BCUT2D eigenvalue weighted by Gasteiger charge is 2.52. The zero-order chi connectivity index (χ0) is 23.3. The Balaban J connectivity index is 1.64. The highest BCUT2D eigenvalue weighted by molar-refractivity contribution is 7.17. The zero-order valence-corrected chi connectivity index (χ0v) is 19.0.